The van der Waals surface area contributed by atoms with Crippen LogP contribution in [0.1, 0.15) is 48.0 Å². The summed E-state index contributed by atoms with van der Waals surface area (Å²) in [5, 5.41) is 0. The van der Waals surface area contributed by atoms with Crippen molar-refractivity contribution in [1.82, 2.24) is 4.90 Å². The Morgan fingerprint density at radius 1 is 1.30 bits per heavy atom. The second-order valence-electron chi connectivity index (χ2n) is 6.09. The van der Waals surface area contributed by atoms with E-state index in [1.165, 1.54) is 19.3 Å². The van der Waals surface area contributed by atoms with E-state index in [0.717, 1.165) is 30.6 Å². The van der Waals surface area contributed by atoms with Gasteiger partial charge in [0.15, 0.2) is 0 Å². The van der Waals surface area contributed by atoms with Crippen molar-refractivity contribution in [1.29, 1.82) is 0 Å². The first-order valence-corrected chi connectivity index (χ1v) is 7.59. The van der Waals surface area contributed by atoms with Crippen LogP contribution in [0.5, 0.6) is 0 Å². The molecular formula is C16H23N3O. The van der Waals surface area contributed by atoms with Gasteiger partial charge in [-0.1, -0.05) is 18.9 Å². The maximum Gasteiger partial charge on any atom is 0.256 e. The number of hydrogen-bond donors (Lipinski definition) is 2. The van der Waals surface area contributed by atoms with Crippen LogP contribution in [0.4, 0.5) is 5.69 Å². The lowest BCUT2D eigenvalue weighted by Crippen LogP contribution is -2.39. The molecule has 3 N–H and O–H groups in total. The van der Waals surface area contributed by atoms with Crippen LogP contribution in [-0.2, 0) is 0 Å². The fourth-order valence-corrected chi connectivity index (χ4v) is 3.78. The number of rotatable bonds is 2. The van der Waals surface area contributed by atoms with Gasteiger partial charge in [-0.2, -0.15) is 0 Å². The fraction of sp³-hybridized carbons (Fsp3) is 0.562. The lowest BCUT2D eigenvalue weighted by atomic mass is 9.85. The van der Waals surface area contributed by atoms with Gasteiger partial charge in [-0.15, -0.1) is 0 Å². The summed E-state index contributed by atoms with van der Waals surface area (Å²) in [6.45, 7) is 2.90. The van der Waals surface area contributed by atoms with E-state index < -0.39 is 0 Å². The van der Waals surface area contributed by atoms with Gasteiger partial charge in [-0.25, -0.2) is 0 Å². The maximum absolute atomic E-state index is 12.8. The SMILES string of the molecule is Cc1ccc(C(=O)N2CCC3CCCCC32)c(NN)c1. The van der Waals surface area contributed by atoms with E-state index >= 15 is 0 Å². The lowest BCUT2D eigenvalue weighted by molar-refractivity contribution is 0.0691. The van der Waals surface area contributed by atoms with Gasteiger partial charge < -0.3 is 10.3 Å². The van der Waals surface area contributed by atoms with Crippen LogP contribution in [0.15, 0.2) is 18.2 Å². The minimum atomic E-state index is 0.132. The normalized spacial score (nSPS) is 25.4. The molecule has 2 fully saturated rings. The van der Waals surface area contributed by atoms with E-state index in [0.29, 0.717) is 17.5 Å². The largest absolute Gasteiger partial charge is 0.335 e. The van der Waals surface area contributed by atoms with Crippen LogP contribution in [0.3, 0.4) is 0 Å². The number of nitrogens with one attached hydrogen (secondary N) is 1. The molecule has 0 bridgehead atoms. The molecule has 1 saturated heterocycles. The van der Waals surface area contributed by atoms with Crippen molar-refractivity contribution in [3.63, 3.8) is 0 Å². The summed E-state index contributed by atoms with van der Waals surface area (Å²) in [6.07, 6.45) is 6.18. The Labute approximate surface area is 120 Å². The number of amides is 1. The molecule has 2 aliphatic rings. The first-order valence-electron chi connectivity index (χ1n) is 7.59. The third-order valence-electron chi connectivity index (χ3n) is 4.83. The molecule has 0 aromatic heterocycles. The predicted octanol–water partition coefficient (Wildman–Crippen LogP) is 2.69. The van der Waals surface area contributed by atoms with Crippen molar-refractivity contribution in [2.75, 3.05) is 12.0 Å². The molecule has 1 aromatic rings. The second-order valence-corrected chi connectivity index (χ2v) is 6.09. The topological polar surface area (TPSA) is 58.4 Å². The maximum atomic E-state index is 12.8. The number of carbonyl (C=O) groups excluding carboxylic acids is 1. The van der Waals surface area contributed by atoms with Crippen molar-refractivity contribution in [2.24, 2.45) is 11.8 Å². The standard InChI is InChI=1S/C16H23N3O/c1-11-6-7-13(14(10-11)18-17)16(20)19-9-8-12-4-2-3-5-15(12)19/h6-7,10,12,15,18H,2-5,8-9,17H2,1H3. The van der Waals surface area contributed by atoms with E-state index in [4.69, 9.17) is 5.84 Å². The summed E-state index contributed by atoms with van der Waals surface area (Å²) in [4.78, 5) is 14.9. The zero-order valence-electron chi connectivity index (χ0n) is 12.1. The van der Waals surface area contributed by atoms with Gasteiger partial charge in [-0.3, -0.25) is 10.6 Å². The Kier molecular flexibility index (Phi) is 3.66. The quantitative estimate of drug-likeness (QED) is 0.643. The van der Waals surface area contributed by atoms with E-state index in [2.05, 4.69) is 10.3 Å². The number of carbonyl (C=O) groups is 1. The van der Waals surface area contributed by atoms with Gasteiger partial charge in [-0.05, 0) is 49.8 Å². The molecule has 1 aromatic carbocycles. The summed E-state index contributed by atoms with van der Waals surface area (Å²) in [5.74, 6) is 6.41. The number of nitrogens with two attached hydrogens (primary N) is 1. The van der Waals surface area contributed by atoms with Crippen LogP contribution in [-0.4, -0.2) is 23.4 Å². The molecule has 2 atom stereocenters. The van der Waals surface area contributed by atoms with Crippen molar-refractivity contribution in [3.05, 3.63) is 29.3 Å². The minimum absolute atomic E-state index is 0.132. The van der Waals surface area contributed by atoms with Crippen LogP contribution < -0.4 is 11.3 Å². The lowest BCUT2D eigenvalue weighted by Gasteiger charge is -2.32. The highest BCUT2D eigenvalue weighted by atomic mass is 16.2. The average molecular weight is 273 g/mol. The number of likely N-dealkylation sites (tertiary alicyclic amines) is 1. The smallest absolute Gasteiger partial charge is 0.256 e. The number of aryl methyl sites for hydroxylation is 1. The van der Waals surface area contributed by atoms with E-state index in [-0.39, 0.29) is 5.91 Å². The molecule has 1 aliphatic carbocycles. The van der Waals surface area contributed by atoms with Crippen molar-refractivity contribution in [3.8, 4) is 0 Å². The monoisotopic (exact) mass is 273 g/mol. The number of fused-ring (bicyclic) bond motifs is 1. The molecule has 0 radical (unpaired) electrons. The van der Waals surface area contributed by atoms with Gasteiger partial charge in [0.2, 0.25) is 0 Å². The minimum Gasteiger partial charge on any atom is -0.335 e. The number of benzene rings is 1. The molecule has 1 saturated carbocycles. The predicted molar refractivity (Wildman–Crippen MR) is 80.4 cm³/mol. The highest BCUT2D eigenvalue weighted by molar-refractivity contribution is 6.00. The molecule has 20 heavy (non-hydrogen) atoms. The first-order chi connectivity index (χ1) is 9.70. The van der Waals surface area contributed by atoms with Gasteiger partial charge >= 0.3 is 0 Å². The molecule has 1 heterocycles. The summed E-state index contributed by atoms with van der Waals surface area (Å²) in [5.41, 5.74) is 5.20. The van der Waals surface area contributed by atoms with Gasteiger partial charge in [0, 0.05) is 12.6 Å². The molecule has 3 rings (SSSR count). The molecule has 108 valence electrons. The summed E-state index contributed by atoms with van der Waals surface area (Å²) >= 11 is 0. The molecule has 2 unspecified atom stereocenters. The number of anilines is 1. The number of nitrogens with zero attached hydrogens (tertiary/aromatic N) is 1. The van der Waals surface area contributed by atoms with Gasteiger partial charge in [0.1, 0.15) is 0 Å². The van der Waals surface area contributed by atoms with Gasteiger partial charge in [0.25, 0.3) is 5.91 Å². The van der Waals surface area contributed by atoms with Crippen LogP contribution in [0, 0.1) is 12.8 Å². The number of hydrazine groups is 1. The Morgan fingerprint density at radius 2 is 2.10 bits per heavy atom. The molecule has 4 nitrogen and oxygen atoms in total. The third kappa shape index (κ3) is 2.29. The molecule has 0 spiro atoms. The Hall–Kier alpha value is -1.55. The zero-order valence-corrected chi connectivity index (χ0v) is 12.1. The van der Waals surface area contributed by atoms with Crippen molar-refractivity contribution < 1.29 is 4.79 Å². The fourth-order valence-electron chi connectivity index (χ4n) is 3.78. The van der Waals surface area contributed by atoms with E-state index in [9.17, 15) is 4.79 Å². The van der Waals surface area contributed by atoms with E-state index in [1.54, 1.807) is 0 Å². The second kappa shape index (κ2) is 5.44. The number of nitrogen functional groups attached to an aromatic ring is 1. The first kappa shape index (κ1) is 13.4. The van der Waals surface area contributed by atoms with Crippen molar-refractivity contribution >= 4 is 11.6 Å². The van der Waals surface area contributed by atoms with Crippen LogP contribution in [0.25, 0.3) is 0 Å². The van der Waals surface area contributed by atoms with Gasteiger partial charge in [0.05, 0.1) is 11.3 Å². The summed E-state index contributed by atoms with van der Waals surface area (Å²) in [6, 6.07) is 6.25. The van der Waals surface area contributed by atoms with Crippen LogP contribution >= 0.6 is 0 Å². The van der Waals surface area contributed by atoms with Crippen molar-refractivity contribution in [2.45, 2.75) is 45.1 Å². The molecular weight excluding hydrogens is 250 g/mol. The summed E-state index contributed by atoms with van der Waals surface area (Å²) in [7, 11) is 0. The number of hydrogen-bond acceptors (Lipinski definition) is 3. The Balaban J connectivity index is 1.85. The Morgan fingerprint density at radius 3 is 2.90 bits per heavy atom. The molecule has 1 amide bonds. The van der Waals surface area contributed by atoms with Crippen LogP contribution in [0.2, 0.25) is 0 Å². The molecule has 1 aliphatic heterocycles. The average Bonchev–Trinajstić information content (AvgIpc) is 2.90. The molecule has 4 heteroatoms. The zero-order chi connectivity index (χ0) is 14.1. The van der Waals surface area contributed by atoms with E-state index in [1.807, 2.05) is 25.1 Å². The summed E-state index contributed by atoms with van der Waals surface area (Å²) < 4.78 is 0. The third-order valence-corrected chi connectivity index (χ3v) is 4.83. The highest BCUT2D eigenvalue weighted by Crippen LogP contribution is 2.37. The Bertz CT molecular complexity index is 514. The highest BCUT2D eigenvalue weighted by Gasteiger charge is 2.38.